The zero-order valence-corrected chi connectivity index (χ0v) is 17.3. The van der Waals surface area contributed by atoms with Gasteiger partial charge in [0.15, 0.2) is 0 Å². The topological polar surface area (TPSA) is 18.5 Å². The van der Waals surface area contributed by atoms with Gasteiger partial charge in [0.2, 0.25) is 0 Å². The maximum atomic E-state index is 6.65. The molecule has 0 radical (unpaired) electrons. The standard InChI is InChI=1S/C25H26O2Si/c1-4-13-21-15-9-11-19-24(21)26-28(3,23-17-7-6-8-18-23)27-25-20-12-10-16-22(25)14-5-2/h4-12,15-20H,1-2,13-14H2,3H3. The van der Waals surface area contributed by atoms with Gasteiger partial charge < -0.3 is 8.85 Å². The quantitative estimate of drug-likeness (QED) is 0.353. The van der Waals surface area contributed by atoms with E-state index in [0.29, 0.717) is 0 Å². The van der Waals surface area contributed by atoms with Gasteiger partial charge in [-0.05, 0) is 36.1 Å². The normalized spacial score (nSPS) is 10.9. The Balaban J connectivity index is 2.03. The number of rotatable bonds is 9. The van der Waals surface area contributed by atoms with Crippen LogP contribution in [0, 0.1) is 0 Å². The lowest BCUT2D eigenvalue weighted by Gasteiger charge is -2.30. The largest absolute Gasteiger partial charge is 0.509 e. The second kappa shape index (κ2) is 9.24. The van der Waals surface area contributed by atoms with Crippen molar-refractivity contribution in [1.29, 1.82) is 0 Å². The smallest absolute Gasteiger partial charge is 0.492 e. The summed E-state index contributed by atoms with van der Waals surface area (Å²) in [5, 5.41) is 1.08. The molecule has 0 atom stereocenters. The van der Waals surface area contributed by atoms with E-state index in [1.165, 1.54) is 0 Å². The Kier molecular flexibility index (Phi) is 6.51. The highest BCUT2D eigenvalue weighted by Gasteiger charge is 2.39. The predicted molar refractivity (Wildman–Crippen MR) is 120 cm³/mol. The van der Waals surface area contributed by atoms with Crippen LogP contribution < -0.4 is 14.0 Å². The van der Waals surface area contributed by atoms with E-state index in [2.05, 4.69) is 44.0 Å². The molecule has 0 spiro atoms. The summed E-state index contributed by atoms with van der Waals surface area (Å²) in [6.45, 7) is 9.83. The fraction of sp³-hybridized carbons (Fsp3) is 0.120. The van der Waals surface area contributed by atoms with Crippen LogP contribution in [-0.2, 0) is 12.8 Å². The minimum atomic E-state index is -2.80. The average molecular weight is 387 g/mol. The Hall–Kier alpha value is -3.04. The molecule has 142 valence electrons. The molecule has 3 aromatic carbocycles. The Morgan fingerprint density at radius 1 is 0.679 bits per heavy atom. The molecule has 0 bridgehead atoms. The molecule has 0 fully saturated rings. The summed E-state index contributed by atoms with van der Waals surface area (Å²) in [6.07, 6.45) is 5.29. The molecular weight excluding hydrogens is 360 g/mol. The second-order valence-electron chi connectivity index (χ2n) is 6.72. The molecule has 0 amide bonds. The van der Waals surface area contributed by atoms with Crippen molar-refractivity contribution < 1.29 is 8.85 Å². The van der Waals surface area contributed by atoms with Gasteiger partial charge >= 0.3 is 8.56 Å². The molecule has 0 aliphatic heterocycles. The van der Waals surface area contributed by atoms with Crippen LogP contribution in [0.25, 0.3) is 0 Å². The lowest BCUT2D eigenvalue weighted by atomic mass is 10.1. The van der Waals surface area contributed by atoms with Crippen LogP contribution in [0.1, 0.15) is 11.1 Å². The highest BCUT2D eigenvalue weighted by atomic mass is 28.4. The Labute approximate surface area is 169 Å². The first-order valence-corrected chi connectivity index (χ1v) is 11.8. The summed E-state index contributed by atoms with van der Waals surface area (Å²) < 4.78 is 13.3. The van der Waals surface area contributed by atoms with E-state index >= 15 is 0 Å². The van der Waals surface area contributed by atoms with Crippen LogP contribution in [0.3, 0.4) is 0 Å². The van der Waals surface area contributed by atoms with E-state index in [9.17, 15) is 0 Å². The van der Waals surface area contributed by atoms with Crippen molar-refractivity contribution >= 4 is 13.7 Å². The van der Waals surface area contributed by atoms with Crippen LogP contribution in [0.5, 0.6) is 11.5 Å². The van der Waals surface area contributed by atoms with Gasteiger partial charge in [-0.1, -0.05) is 78.9 Å². The zero-order chi connectivity index (χ0) is 19.8. The molecule has 3 rings (SSSR count). The molecule has 0 N–H and O–H groups in total. The van der Waals surface area contributed by atoms with E-state index in [-0.39, 0.29) is 0 Å². The monoisotopic (exact) mass is 386 g/mol. The fourth-order valence-electron chi connectivity index (χ4n) is 3.15. The molecule has 0 aromatic heterocycles. The number of allylic oxidation sites excluding steroid dienone is 2. The predicted octanol–water partition coefficient (Wildman–Crippen LogP) is 5.58. The fourth-order valence-corrected chi connectivity index (χ4v) is 5.47. The van der Waals surface area contributed by atoms with Gasteiger partial charge in [-0.2, -0.15) is 0 Å². The molecule has 28 heavy (non-hydrogen) atoms. The summed E-state index contributed by atoms with van der Waals surface area (Å²) >= 11 is 0. The minimum Gasteiger partial charge on any atom is -0.509 e. The van der Waals surface area contributed by atoms with Gasteiger partial charge in [0.1, 0.15) is 11.5 Å². The first-order valence-electron chi connectivity index (χ1n) is 9.47. The highest BCUT2D eigenvalue weighted by Crippen LogP contribution is 2.27. The maximum Gasteiger partial charge on any atom is 0.492 e. The number of hydrogen-bond donors (Lipinski definition) is 0. The van der Waals surface area contributed by atoms with E-state index in [1.54, 1.807) is 0 Å². The minimum absolute atomic E-state index is 0.752. The molecule has 0 heterocycles. The average Bonchev–Trinajstić information content (AvgIpc) is 2.72. The van der Waals surface area contributed by atoms with E-state index in [1.807, 2.05) is 66.7 Å². The number of hydrogen-bond acceptors (Lipinski definition) is 2. The second-order valence-corrected chi connectivity index (χ2v) is 9.59. The van der Waals surface area contributed by atoms with Gasteiger partial charge in [0.05, 0.1) is 0 Å². The van der Waals surface area contributed by atoms with Crippen molar-refractivity contribution in [3.8, 4) is 11.5 Å². The zero-order valence-electron chi connectivity index (χ0n) is 16.3. The van der Waals surface area contributed by atoms with Gasteiger partial charge in [0.25, 0.3) is 0 Å². The number of benzene rings is 3. The van der Waals surface area contributed by atoms with Crippen molar-refractivity contribution in [3.05, 3.63) is 115 Å². The first-order chi connectivity index (χ1) is 13.7. The molecular formula is C25H26O2Si. The lowest BCUT2D eigenvalue weighted by molar-refractivity contribution is 0.404. The molecule has 0 aliphatic carbocycles. The first kappa shape index (κ1) is 19.7. The molecule has 0 aliphatic rings. The summed E-state index contributed by atoms with van der Waals surface area (Å²) in [7, 11) is -2.80. The molecule has 0 unspecified atom stereocenters. The van der Waals surface area contributed by atoms with Crippen LogP contribution in [0.15, 0.2) is 104 Å². The Morgan fingerprint density at radius 2 is 1.11 bits per heavy atom. The highest BCUT2D eigenvalue weighted by molar-refractivity contribution is 6.81. The summed E-state index contributed by atoms with van der Waals surface area (Å²) in [6, 6.07) is 26.4. The maximum absolute atomic E-state index is 6.65. The van der Waals surface area contributed by atoms with Crippen molar-refractivity contribution in [2.45, 2.75) is 19.4 Å². The number of para-hydroxylation sites is 2. The third-order valence-electron chi connectivity index (χ3n) is 4.58. The Morgan fingerprint density at radius 3 is 1.57 bits per heavy atom. The SMILES string of the molecule is C=CCc1ccccc1O[Si](C)(Oc1ccccc1CC=C)c1ccccc1. The van der Waals surface area contributed by atoms with Crippen LogP contribution in [-0.4, -0.2) is 8.56 Å². The van der Waals surface area contributed by atoms with Gasteiger partial charge in [-0.25, -0.2) is 0 Å². The van der Waals surface area contributed by atoms with Crippen LogP contribution in [0.2, 0.25) is 6.55 Å². The van der Waals surface area contributed by atoms with Gasteiger partial charge in [-0.3, -0.25) is 0 Å². The summed E-state index contributed by atoms with van der Waals surface area (Å²) in [5.74, 6) is 1.70. The van der Waals surface area contributed by atoms with Crippen molar-refractivity contribution in [2.75, 3.05) is 0 Å². The Bertz CT molecular complexity index is 879. The van der Waals surface area contributed by atoms with Crippen molar-refractivity contribution in [1.82, 2.24) is 0 Å². The van der Waals surface area contributed by atoms with Crippen LogP contribution >= 0.6 is 0 Å². The van der Waals surface area contributed by atoms with Gasteiger partial charge in [-0.15, -0.1) is 13.2 Å². The summed E-state index contributed by atoms with van der Waals surface area (Å²) in [4.78, 5) is 0. The summed E-state index contributed by atoms with van der Waals surface area (Å²) in [5.41, 5.74) is 2.21. The molecule has 2 nitrogen and oxygen atoms in total. The molecule has 0 saturated carbocycles. The van der Waals surface area contributed by atoms with E-state index < -0.39 is 8.56 Å². The van der Waals surface area contributed by atoms with E-state index in [0.717, 1.165) is 40.7 Å². The molecule has 0 saturated heterocycles. The van der Waals surface area contributed by atoms with Crippen molar-refractivity contribution in [3.63, 3.8) is 0 Å². The molecule has 3 aromatic rings. The lowest BCUT2D eigenvalue weighted by Crippen LogP contribution is -2.56. The van der Waals surface area contributed by atoms with E-state index in [4.69, 9.17) is 8.85 Å². The third-order valence-corrected chi connectivity index (χ3v) is 7.18. The van der Waals surface area contributed by atoms with Crippen molar-refractivity contribution in [2.24, 2.45) is 0 Å². The third kappa shape index (κ3) is 4.62. The van der Waals surface area contributed by atoms with Crippen LogP contribution in [0.4, 0.5) is 0 Å². The van der Waals surface area contributed by atoms with Gasteiger partial charge in [0, 0.05) is 11.7 Å². The molecule has 3 heteroatoms.